The van der Waals surface area contributed by atoms with Crippen molar-refractivity contribution in [2.24, 2.45) is 5.90 Å². The number of benzene rings is 1. The van der Waals surface area contributed by atoms with Crippen molar-refractivity contribution in [1.82, 2.24) is 4.90 Å². The molecule has 0 bridgehead atoms. The van der Waals surface area contributed by atoms with Gasteiger partial charge < -0.3 is 4.90 Å². The van der Waals surface area contributed by atoms with Crippen LogP contribution in [-0.2, 0) is 11.4 Å². The predicted molar refractivity (Wildman–Crippen MR) is 70.0 cm³/mol. The highest BCUT2D eigenvalue weighted by Crippen LogP contribution is 2.22. The highest BCUT2D eigenvalue weighted by molar-refractivity contribution is 5.94. The molecule has 5 nitrogen and oxygen atoms in total. The van der Waals surface area contributed by atoms with Crippen LogP contribution in [0.1, 0.15) is 19.4 Å². The van der Waals surface area contributed by atoms with Crippen molar-refractivity contribution >= 4 is 11.7 Å². The molecule has 0 aromatic heterocycles. The molecule has 0 atom stereocenters. The first-order chi connectivity index (χ1) is 8.63. The SMILES string of the molecule is CC(C)N1CCN(c2ccc(CON)cc2)C1=O. The van der Waals surface area contributed by atoms with E-state index in [1.807, 2.05) is 43.0 Å². The molecule has 2 N–H and O–H groups in total. The summed E-state index contributed by atoms with van der Waals surface area (Å²) in [5, 5.41) is 0. The maximum absolute atomic E-state index is 12.2. The zero-order valence-electron chi connectivity index (χ0n) is 10.8. The molecule has 0 spiro atoms. The lowest BCUT2D eigenvalue weighted by atomic mass is 10.2. The normalized spacial score (nSPS) is 15.9. The summed E-state index contributed by atoms with van der Waals surface area (Å²) in [6, 6.07) is 8.02. The van der Waals surface area contributed by atoms with Crippen molar-refractivity contribution in [3.8, 4) is 0 Å². The van der Waals surface area contributed by atoms with E-state index in [0.29, 0.717) is 6.61 Å². The lowest BCUT2D eigenvalue weighted by Crippen LogP contribution is -2.36. The molecule has 0 unspecified atom stereocenters. The lowest BCUT2D eigenvalue weighted by Gasteiger charge is -2.21. The molecule has 1 saturated heterocycles. The van der Waals surface area contributed by atoms with Gasteiger partial charge in [-0.15, -0.1) is 0 Å². The fraction of sp³-hybridized carbons (Fsp3) is 0.462. The van der Waals surface area contributed by atoms with Gasteiger partial charge in [0.2, 0.25) is 0 Å². The van der Waals surface area contributed by atoms with Crippen LogP contribution in [0.25, 0.3) is 0 Å². The van der Waals surface area contributed by atoms with E-state index in [1.54, 1.807) is 4.90 Å². The molecule has 0 radical (unpaired) electrons. The van der Waals surface area contributed by atoms with Crippen LogP contribution < -0.4 is 10.8 Å². The van der Waals surface area contributed by atoms with Crippen LogP contribution in [0.4, 0.5) is 10.5 Å². The first-order valence-corrected chi connectivity index (χ1v) is 6.12. The summed E-state index contributed by atoms with van der Waals surface area (Å²) in [6.45, 7) is 5.96. The average molecular weight is 249 g/mol. The second kappa shape index (κ2) is 5.37. The Morgan fingerprint density at radius 2 is 1.94 bits per heavy atom. The van der Waals surface area contributed by atoms with Gasteiger partial charge in [0.05, 0.1) is 6.61 Å². The molecular weight excluding hydrogens is 230 g/mol. The number of anilines is 1. The van der Waals surface area contributed by atoms with Crippen LogP contribution in [0.15, 0.2) is 24.3 Å². The minimum Gasteiger partial charge on any atom is -0.320 e. The van der Waals surface area contributed by atoms with E-state index < -0.39 is 0 Å². The van der Waals surface area contributed by atoms with E-state index in [0.717, 1.165) is 24.3 Å². The van der Waals surface area contributed by atoms with Gasteiger partial charge >= 0.3 is 6.03 Å². The summed E-state index contributed by atoms with van der Waals surface area (Å²) in [5.74, 6) is 5.02. The Kier molecular flexibility index (Phi) is 3.84. The Morgan fingerprint density at radius 3 is 2.44 bits per heavy atom. The molecule has 18 heavy (non-hydrogen) atoms. The van der Waals surface area contributed by atoms with Gasteiger partial charge in [0.1, 0.15) is 0 Å². The second-order valence-corrected chi connectivity index (χ2v) is 4.70. The van der Waals surface area contributed by atoms with Gasteiger partial charge in [-0.2, -0.15) is 0 Å². The van der Waals surface area contributed by atoms with Crippen LogP contribution in [0.3, 0.4) is 0 Å². The summed E-state index contributed by atoms with van der Waals surface area (Å²) in [6.07, 6.45) is 0. The molecule has 1 aliphatic rings. The number of rotatable bonds is 4. The van der Waals surface area contributed by atoms with Gasteiger partial charge in [0.15, 0.2) is 0 Å². The summed E-state index contributed by atoms with van der Waals surface area (Å²) < 4.78 is 0. The molecule has 98 valence electrons. The van der Waals surface area contributed by atoms with Crippen LogP contribution in [0.2, 0.25) is 0 Å². The summed E-state index contributed by atoms with van der Waals surface area (Å²) in [4.78, 5) is 20.4. The third-order valence-corrected chi connectivity index (χ3v) is 3.16. The molecule has 1 aliphatic heterocycles. The van der Waals surface area contributed by atoms with Crippen molar-refractivity contribution in [1.29, 1.82) is 0 Å². The Hall–Kier alpha value is -1.59. The van der Waals surface area contributed by atoms with Gasteiger partial charge in [-0.25, -0.2) is 10.7 Å². The smallest absolute Gasteiger partial charge is 0.320 e. The standard InChI is InChI=1S/C13H19N3O2/c1-10(2)15-7-8-16(13(15)17)12-5-3-11(4-6-12)9-18-14/h3-6,10H,7-9,14H2,1-2H3. The third kappa shape index (κ3) is 2.47. The number of amides is 2. The highest BCUT2D eigenvalue weighted by Gasteiger charge is 2.30. The first kappa shape index (κ1) is 12.9. The Balaban J connectivity index is 2.11. The molecule has 1 aromatic carbocycles. The molecular formula is C13H19N3O2. The summed E-state index contributed by atoms with van der Waals surface area (Å²) >= 11 is 0. The molecule has 1 heterocycles. The number of hydrogen-bond donors (Lipinski definition) is 1. The molecule has 5 heteroatoms. The number of carbonyl (C=O) groups is 1. The zero-order chi connectivity index (χ0) is 13.1. The van der Waals surface area contributed by atoms with Gasteiger partial charge in [0.25, 0.3) is 0 Å². The van der Waals surface area contributed by atoms with E-state index in [1.165, 1.54) is 0 Å². The minimum atomic E-state index is 0.0767. The maximum Gasteiger partial charge on any atom is 0.324 e. The van der Waals surface area contributed by atoms with Crippen LogP contribution in [-0.4, -0.2) is 30.1 Å². The van der Waals surface area contributed by atoms with Gasteiger partial charge in [-0.05, 0) is 31.5 Å². The van der Waals surface area contributed by atoms with E-state index in [9.17, 15) is 4.79 Å². The van der Waals surface area contributed by atoms with E-state index in [2.05, 4.69) is 4.84 Å². The average Bonchev–Trinajstić information content (AvgIpc) is 2.73. The van der Waals surface area contributed by atoms with Crippen LogP contribution in [0, 0.1) is 0 Å². The Labute approximate surface area is 107 Å². The number of carbonyl (C=O) groups excluding carboxylic acids is 1. The van der Waals surface area contributed by atoms with Crippen molar-refractivity contribution in [3.05, 3.63) is 29.8 Å². The zero-order valence-corrected chi connectivity index (χ0v) is 10.8. The highest BCUT2D eigenvalue weighted by atomic mass is 16.6. The molecule has 2 amide bonds. The second-order valence-electron chi connectivity index (χ2n) is 4.70. The molecule has 1 aromatic rings. The third-order valence-electron chi connectivity index (χ3n) is 3.16. The van der Waals surface area contributed by atoms with Crippen molar-refractivity contribution < 1.29 is 9.63 Å². The van der Waals surface area contributed by atoms with Crippen LogP contribution in [0.5, 0.6) is 0 Å². The number of nitrogens with two attached hydrogens (primary N) is 1. The largest absolute Gasteiger partial charge is 0.324 e. The van der Waals surface area contributed by atoms with Gasteiger partial charge in [0, 0.05) is 24.8 Å². The lowest BCUT2D eigenvalue weighted by molar-refractivity contribution is 0.124. The summed E-state index contributed by atoms with van der Waals surface area (Å²) in [7, 11) is 0. The fourth-order valence-electron chi connectivity index (χ4n) is 2.14. The predicted octanol–water partition coefficient (Wildman–Crippen LogP) is 1.73. The van der Waals surface area contributed by atoms with E-state index >= 15 is 0 Å². The van der Waals surface area contributed by atoms with E-state index in [4.69, 9.17) is 5.90 Å². The van der Waals surface area contributed by atoms with Crippen molar-refractivity contribution in [3.63, 3.8) is 0 Å². The van der Waals surface area contributed by atoms with Crippen LogP contribution >= 0.6 is 0 Å². The summed E-state index contributed by atoms with van der Waals surface area (Å²) in [5.41, 5.74) is 1.91. The van der Waals surface area contributed by atoms with E-state index in [-0.39, 0.29) is 12.1 Å². The van der Waals surface area contributed by atoms with Gasteiger partial charge in [-0.3, -0.25) is 9.74 Å². The Bertz CT molecular complexity index is 417. The fourth-order valence-corrected chi connectivity index (χ4v) is 2.14. The molecule has 1 fully saturated rings. The number of urea groups is 1. The monoisotopic (exact) mass is 249 g/mol. The molecule has 0 aliphatic carbocycles. The minimum absolute atomic E-state index is 0.0767. The number of nitrogens with zero attached hydrogens (tertiary/aromatic N) is 2. The van der Waals surface area contributed by atoms with Crippen molar-refractivity contribution in [2.45, 2.75) is 26.5 Å². The number of hydrogen-bond acceptors (Lipinski definition) is 3. The van der Waals surface area contributed by atoms with Crippen molar-refractivity contribution in [2.75, 3.05) is 18.0 Å². The topological polar surface area (TPSA) is 58.8 Å². The van der Waals surface area contributed by atoms with Gasteiger partial charge in [-0.1, -0.05) is 12.1 Å². The Morgan fingerprint density at radius 1 is 1.28 bits per heavy atom. The maximum atomic E-state index is 12.2. The first-order valence-electron chi connectivity index (χ1n) is 6.12. The quantitative estimate of drug-likeness (QED) is 0.827. The molecule has 2 rings (SSSR count). The molecule has 0 saturated carbocycles.